The first-order valence-corrected chi connectivity index (χ1v) is 6.72. The van der Waals surface area contributed by atoms with Crippen molar-refractivity contribution in [3.63, 3.8) is 0 Å². The van der Waals surface area contributed by atoms with Gasteiger partial charge in [0.2, 0.25) is 0 Å². The molecule has 0 amide bonds. The lowest BCUT2D eigenvalue weighted by Gasteiger charge is -2.37. The number of nitriles is 1. The molecule has 1 saturated carbocycles. The topological polar surface area (TPSA) is 53.0 Å². The first kappa shape index (κ1) is 13.4. The van der Waals surface area contributed by atoms with Crippen LogP contribution in [0.3, 0.4) is 0 Å². The van der Waals surface area contributed by atoms with Crippen LogP contribution in [0, 0.1) is 16.7 Å². The van der Waals surface area contributed by atoms with Crippen LogP contribution in [0.2, 0.25) is 0 Å². The molecule has 2 rings (SSSR count). The Hall–Kier alpha value is -1.08. The monoisotopic (exact) mass is 251 g/mol. The van der Waals surface area contributed by atoms with Crippen molar-refractivity contribution in [2.75, 3.05) is 6.54 Å². The highest BCUT2D eigenvalue weighted by atomic mass is 19.1. The molecule has 2 N–H and O–H groups in total. The molecule has 3 nitrogen and oxygen atoms in total. The minimum absolute atomic E-state index is 0.0610. The summed E-state index contributed by atoms with van der Waals surface area (Å²) in [5, 5.41) is 9.07. The number of hydrogen-bond acceptors (Lipinski definition) is 3. The van der Waals surface area contributed by atoms with Crippen molar-refractivity contribution in [3.8, 4) is 6.07 Å². The molecule has 0 spiro atoms. The Bertz CT molecular complexity index is 368. The number of alkyl halides is 1. The Balaban J connectivity index is 2.09. The van der Waals surface area contributed by atoms with Gasteiger partial charge in [0, 0.05) is 18.2 Å². The predicted molar refractivity (Wildman–Crippen MR) is 69.3 cm³/mol. The van der Waals surface area contributed by atoms with E-state index in [1.165, 1.54) is 12.8 Å². The Kier molecular flexibility index (Phi) is 3.63. The summed E-state index contributed by atoms with van der Waals surface area (Å²) in [6.45, 7) is 6.49. The highest BCUT2D eigenvalue weighted by Gasteiger charge is 2.41. The molecule has 1 heterocycles. The number of likely N-dealkylation sites (tertiary alicyclic amines) is 1. The number of nitrogens with zero attached hydrogens (tertiary/aromatic N) is 2. The van der Waals surface area contributed by atoms with Crippen molar-refractivity contribution in [2.45, 2.75) is 57.3 Å². The maximum atomic E-state index is 13.4. The summed E-state index contributed by atoms with van der Waals surface area (Å²) in [7, 11) is 0. The van der Waals surface area contributed by atoms with E-state index in [2.05, 4.69) is 19.6 Å². The van der Waals surface area contributed by atoms with Crippen LogP contribution >= 0.6 is 0 Å². The van der Waals surface area contributed by atoms with Crippen molar-refractivity contribution >= 4 is 0 Å². The molecule has 18 heavy (non-hydrogen) atoms. The van der Waals surface area contributed by atoms with Crippen LogP contribution in [-0.2, 0) is 0 Å². The van der Waals surface area contributed by atoms with Gasteiger partial charge in [-0.05, 0) is 18.3 Å². The van der Waals surface area contributed by atoms with Crippen LogP contribution in [0.1, 0.15) is 39.0 Å². The molecule has 100 valence electrons. The molecule has 3 atom stereocenters. The number of rotatable bonds is 3. The number of halogens is 1. The SMILES string of the molecule is C=C(C(N)C1(C)CCCC1)N1CC(F)CC1C#N. The average Bonchev–Trinajstić information content (AvgIpc) is 2.94. The summed E-state index contributed by atoms with van der Waals surface area (Å²) in [5.41, 5.74) is 7.13. The van der Waals surface area contributed by atoms with Gasteiger partial charge in [-0.15, -0.1) is 0 Å². The van der Waals surface area contributed by atoms with Crippen molar-refractivity contribution in [1.82, 2.24) is 4.90 Å². The Morgan fingerprint density at radius 2 is 2.17 bits per heavy atom. The molecule has 0 aromatic rings. The lowest BCUT2D eigenvalue weighted by molar-refractivity contribution is 0.228. The Morgan fingerprint density at radius 3 is 2.72 bits per heavy atom. The quantitative estimate of drug-likeness (QED) is 0.837. The van der Waals surface area contributed by atoms with E-state index in [4.69, 9.17) is 11.0 Å². The lowest BCUT2D eigenvalue weighted by Crippen LogP contribution is -2.45. The lowest BCUT2D eigenvalue weighted by atomic mass is 9.79. The van der Waals surface area contributed by atoms with Gasteiger partial charge in [0.05, 0.1) is 12.6 Å². The van der Waals surface area contributed by atoms with Crippen LogP contribution in [0.4, 0.5) is 4.39 Å². The zero-order chi connectivity index (χ0) is 13.3. The van der Waals surface area contributed by atoms with E-state index in [1.54, 1.807) is 4.90 Å². The molecule has 3 unspecified atom stereocenters. The van der Waals surface area contributed by atoms with Gasteiger partial charge in [-0.3, -0.25) is 0 Å². The fourth-order valence-electron chi connectivity index (χ4n) is 3.30. The summed E-state index contributed by atoms with van der Waals surface area (Å²) < 4.78 is 13.4. The molecular weight excluding hydrogens is 229 g/mol. The van der Waals surface area contributed by atoms with E-state index in [-0.39, 0.29) is 24.4 Å². The fourth-order valence-corrected chi connectivity index (χ4v) is 3.30. The summed E-state index contributed by atoms with van der Waals surface area (Å²) >= 11 is 0. The molecule has 0 aromatic heterocycles. The molecule has 1 saturated heterocycles. The van der Waals surface area contributed by atoms with Gasteiger partial charge >= 0.3 is 0 Å². The fraction of sp³-hybridized carbons (Fsp3) is 0.786. The minimum atomic E-state index is -0.935. The van der Waals surface area contributed by atoms with Crippen molar-refractivity contribution in [1.29, 1.82) is 5.26 Å². The first-order chi connectivity index (χ1) is 8.48. The Labute approximate surface area is 108 Å². The van der Waals surface area contributed by atoms with Gasteiger partial charge in [-0.1, -0.05) is 26.3 Å². The second-order valence-electron chi connectivity index (χ2n) is 5.96. The molecule has 1 aliphatic carbocycles. The normalized spacial score (nSPS) is 32.2. The average molecular weight is 251 g/mol. The molecule has 0 aromatic carbocycles. The molecule has 2 aliphatic rings. The third-order valence-electron chi connectivity index (χ3n) is 4.62. The zero-order valence-electron chi connectivity index (χ0n) is 11.0. The van der Waals surface area contributed by atoms with E-state index in [0.717, 1.165) is 18.5 Å². The smallest absolute Gasteiger partial charge is 0.121 e. The Morgan fingerprint density at radius 1 is 1.56 bits per heavy atom. The van der Waals surface area contributed by atoms with Crippen molar-refractivity contribution in [2.24, 2.45) is 11.1 Å². The third kappa shape index (κ3) is 2.24. The minimum Gasteiger partial charge on any atom is -0.355 e. The summed E-state index contributed by atoms with van der Waals surface area (Å²) in [6.07, 6.45) is 3.93. The maximum Gasteiger partial charge on any atom is 0.121 e. The van der Waals surface area contributed by atoms with E-state index in [1.807, 2.05) is 0 Å². The largest absolute Gasteiger partial charge is 0.355 e. The molecule has 2 fully saturated rings. The molecule has 0 bridgehead atoms. The second kappa shape index (κ2) is 4.89. The van der Waals surface area contributed by atoms with Gasteiger partial charge in [-0.25, -0.2) is 4.39 Å². The summed E-state index contributed by atoms with van der Waals surface area (Å²) in [4.78, 5) is 1.78. The van der Waals surface area contributed by atoms with Gasteiger partial charge in [0.1, 0.15) is 12.2 Å². The molecule has 0 radical (unpaired) electrons. The van der Waals surface area contributed by atoms with E-state index < -0.39 is 12.2 Å². The second-order valence-corrected chi connectivity index (χ2v) is 5.96. The van der Waals surface area contributed by atoms with Gasteiger partial charge < -0.3 is 10.6 Å². The first-order valence-electron chi connectivity index (χ1n) is 6.72. The van der Waals surface area contributed by atoms with E-state index in [9.17, 15) is 4.39 Å². The van der Waals surface area contributed by atoms with E-state index in [0.29, 0.717) is 0 Å². The summed E-state index contributed by atoms with van der Waals surface area (Å²) in [6, 6.07) is 1.59. The van der Waals surface area contributed by atoms with Crippen LogP contribution in [0.5, 0.6) is 0 Å². The molecule has 1 aliphatic heterocycles. The van der Waals surface area contributed by atoms with Crippen molar-refractivity contribution in [3.05, 3.63) is 12.3 Å². The predicted octanol–water partition coefficient (Wildman–Crippen LogP) is 2.34. The molecule has 4 heteroatoms. The van der Waals surface area contributed by atoms with Crippen LogP contribution in [0.15, 0.2) is 12.3 Å². The van der Waals surface area contributed by atoms with Gasteiger partial charge in [-0.2, -0.15) is 5.26 Å². The van der Waals surface area contributed by atoms with Gasteiger partial charge in [0.15, 0.2) is 0 Å². The van der Waals surface area contributed by atoms with Crippen LogP contribution in [-0.4, -0.2) is 29.7 Å². The summed E-state index contributed by atoms with van der Waals surface area (Å²) in [5.74, 6) is 0. The zero-order valence-corrected chi connectivity index (χ0v) is 11.0. The highest BCUT2D eigenvalue weighted by molar-refractivity contribution is 5.17. The highest BCUT2D eigenvalue weighted by Crippen LogP contribution is 2.42. The number of nitrogens with two attached hydrogens (primary N) is 1. The number of hydrogen-bond donors (Lipinski definition) is 1. The van der Waals surface area contributed by atoms with Crippen LogP contribution < -0.4 is 5.73 Å². The maximum absolute atomic E-state index is 13.4. The van der Waals surface area contributed by atoms with E-state index >= 15 is 0 Å². The standard InChI is InChI=1S/C14H22FN3/c1-10(13(17)14(2)5-3-4-6-14)18-9-11(15)7-12(18)8-16/h11-13H,1,3-7,9,17H2,2H3. The van der Waals surface area contributed by atoms with Crippen molar-refractivity contribution < 1.29 is 4.39 Å². The van der Waals surface area contributed by atoms with Crippen LogP contribution in [0.25, 0.3) is 0 Å². The molecular formula is C14H22FN3. The third-order valence-corrected chi connectivity index (χ3v) is 4.62. The van der Waals surface area contributed by atoms with Gasteiger partial charge in [0.25, 0.3) is 0 Å².